The van der Waals surface area contributed by atoms with Crippen molar-refractivity contribution in [1.82, 2.24) is 0 Å². The fourth-order valence-electron chi connectivity index (χ4n) is 3.42. The maximum Gasteiger partial charge on any atom is 0.160 e. The Hall–Kier alpha value is -0.930. The Labute approximate surface area is 94.5 Å². The summed E-state index contributed by atoms with van der Waals surface area (Å²) < 4.78 is 0. The molecule has 0 aliphatic heterocycles. The first kappa shape index (κ1) is 10.2. The van der Waals surface area contributed by atoms with Crippen molar-refractivity contribution in [1.29, 1.82) is 0 Å². The Bertz CT molecular complexity index is 450. The zero-order valence-electron chi connectivity index (χ0n) is 9.58. The SMILES string of the molecule is CC1=C2CC(=O)C=C2[C@H](O)[C@@](C)(O)C12CC2. The molecule has 2 N–H and O–H groups in total. The van der Waals surface area contributed by atoms with Crippen LogP contribution < -0.4 is 0 Å². The van der Waals surface area contributed by atoms with Crippen molar-refractivity contribution in [2.45, 2.75) is 44.8 Å². The predicted octanol–water partition coefficient (Wildman–Crippen LogP) is 1.11. The van der Waals surface area contributed by atoms with E-state index >= 15 is 0 Å². The molecule has 3 aliphatic rings. The van der Waals surface area contributed by atoms with E-state index in [0.717, 1.165) is 24.0 Å². The molecule has 3 heteroatoms. The van der Waals surface area contributed by atoms with Crippen LogP contribution in [0.25, 0.3) is 0 Å². The summed E-state index contributed by atoms with van der Waals surface area (Å²) in [4.78, 5) is 11.4. The number of ketones is 1. The smallest absolute Gasteiger partial charge is 0.160 e. The third kappa shape index (κ3) is 0.937. The highest BCUT2D eigenvalue weighted by atomic mass is 16.3. The minimum Gasteiger partial charge on any atom is -0.386 e. The summed E-state index contributed by atoms with van der Waals surface area (Å²) in [5, 5.41) is 20.7. The van der Waals surface area contributed by atoms with Gasteiger partial charge < -0.3 is 10.2 Å². The average Bonchev–Trinajstić information content (AvgIpc) is 2.94. The van der Waals surface area contributed by atoms with E-state index in [9.17, 15) is 15.0 Å². The molecular formula is C13H16O3. The van der Waals surface area contributed by atoms with Crippen molar-refractivity contribution in [2.75, 3.05) is 0 Å². The molecule has 1 saturated carbocycles. The van der Waals surface area contributed by atoms with Gasteiger partial charge in [-0.25, -0.2) is 0 Å². The van der Waals surface area contributed by atoms with Crippen molar-refractivity contribution in [3.63, 3.8) is 0 Å². The van der Waals surface area contributed by atoms with Gasteiger partial charge in [0, 0.05) is 11.8 Å². The topological polar surface area (TPSA) is 57.5 Å². The third-order valence-electron chi connectivity index (χ3n) is 4.73. The molecule has 0 aromatic rings. The predicted molar refractivity (Wildman–Crippen MR) is 58.7 cm³/mol. The standard InChI is InChI=1S/C13H16O3/c1-7-9-5-8(14)6-10(9)11(15)12(2,16)13(7)3-4-13/h6,11,15-16H,3-5H2,1-2H3/t11-,12+/m0/s1. The van der Waals surface area contributed by atoms with Crippen molar-refractivity contribution in [3.05, 3.63) is 22.8 Å². The second-order valence-corrected chi connectivity index (χ2v) is 5.48. The first-order valence-corrected chi connectivity index (χ1v) is 5.75. The molecule has 0 unspecified atom stereocenters. The van der Waals surface area contributed by atoms with Gasteiger partial charge in [-0.3, -0.25) is 4.79 Å². The highest BCUT2D eigenvalue weighted by molar-refractivity contribution is 5.98. The molecule has 0 heterocycles. The Morgan fingerprint density at radius 2 is 2.06 bits per heavy atom. The van der Waals surface area contributed by atoms with E-state index in [-0.39, 0.29) is 11.2 Å². The average molecular weight is 220 g/mol. The third-order valence-corrected chi connectivity index (χ3v) is 4.73. The van der Waals surface area contributed by atoms with Gasteiger partial charge in [0.05, 0.1) is 0 Å². The number of carbonyl (C=O) groups is 1. The summed E-state index contributed by atoms with van der Waals surface area (Å²) in [7, 11) is 0. The van der Waals surface area contributed by atoms with Crippen molar-refractivity contribution in [3.8, 4) is 0 Å². The maximum atomic E-state index is 11.4. The lowest BCUT2D eigenvalue weighted by Gasteiger charge is -2.44. The van der Waals surface area contributed by atoms with Gasteiger partial charge in [0.2, 0.25) is 0 Å². The first-order valence-electron chi connectivity index (χ1n) is 5.75. The van der Waals surface area contributed by atoms with Gasteiger partial charge in [-0.2, -0.15) is 0 Å². The van der Waals surface area contributed by atoms with Gasteiger partial charge in [0.25, 0.3) is 0 Å². The van der Waals surface area contributed by atoms with E-state index in [1.54, 1.807) is 6.92 Å². The van der Waals surface area contributed by atoms with Crippen LogP contribution in [0.3, 0.4) is 0 Å². The van der Waals surface area contributed by atoms with Crippen LogP contribution in [-0.4, -0.2) is 27.7 Å². The molecular weight excluding hydrogens is 204 g/mol. The second-order valence-electron chi connectivity index (χ2n) is 5.48. The van der Waals surface area contributed by atoms with Gasteiger partial charge in [-0.1, -0.05) is 5.57 Å². The Morgan fingerprint density at radius 3 is 2.62 bits per heavy atom. The van der Waals surface area contributed by atoms with Crippen LogP contribution >= 0.6 is 0 Å². The lowest BCUT2D eigenvalue weighted by Crippen LogP contribution is -2.52. The van der Waals surface area contributed by atoms with E-state index in [0.29, 0.717) is 12.0 Å². The fraction of sp³-hybridized carbons (Fsp3) is 0.615. The monoisotopic (exact) mass is 220 g/mol. The number of fused-ring (bicyclic) bond motifs is 1. The molecule has 0 radical (unpaired) electrons. The maximum absolute atomic E-state index is 11.4. The van der Waals surface area contributed by atoms with Gasteiger partial charge in [0.15, 0.2) is 5.78 Å². The molecule has 3 nitrogen and oxygen atoms in total. The van der Waals surface area contributed by atoms with Gasteiger partial charge in [-0.15, -0.1) is 0 Å². The summed E-state index contributed by atoms with van der Waals surface area (Å²) in [6, 6.07) is 0. The minimum atomic E-state index is -1.13. The number of aliphatic hydroxyl groups excluding tert-OH is 1. The van der Waals surface area contributed by atoms with E-state index in [4.69, 9.17) is 0 Å². The van der Waals surface area contributed by atoms with Gasteiger partial charge in [0.1, 0.15) is 11.7 Å². The quantitative estimate of drug-likeness (QED) is 0.643. The number of rotatable bonds is 0. The number of hydrogen-bond acceptors (Lipinski definition) is 3. The van der Waals surface area contributed by atoms with Gasteiger partial charge >= 0.3 is 0 Å². The Morgan fingerprint density at radius 1 is 1.44 bits per heavy atom. The minimum absolute atomic E-state index is 0.0388. The Balaban J connectivity index is 2.23. The molecule has 0 aromatic carbocycles. The lowest BCUT2D eigenvalue weighted by molar-refractivity contribution is -0.113. The van der Waals surface area contributed by atoms with Crippen LogP contribution in [0.2, 0.25) is 0 Å². The molecule has 0 amide bonds. The largest absolute Gasteiger partial charge is 0.386 e. The number of hydrogen-bond donors (Lipinski definition) is 2. The Kier molecular flexibility index (Phi) is 1.70. The molecule has 0 aromatic heterocycles. The van der Waals surface area contributed by atoms with E-state index in [1.807, 2.05) is 6.92 Å². The second kappa shape index (κ2) is 2.66. The van der Waals surface area contributed by atoms with Crippen LogP contribution in [0.15, 0.2) is 22.8 Å². The van der Waals surface area contributed by atoms with E-state index in [2.05, 4.69) is 0 Å². The van der Waals surface area contributed by atoms with Crippen LogP contribution in [0.5, 0.6) is 0 Å². The zero-order valence-corrected chi connectivity index (χ0v) is 9.58. The molecule has 0 saturated heterocycles. The molecule has 1 fully saturated rings. The normalized spacial score (nSPS) is 40.1. The zero-order chi connectivity index (χ0) is 11.7. The molecule has 2 atom stereocenters. The van der Waals surface area contributed by atoms with Crippen LogP contribution in [0, 0.1) is 5.41 Å². The molecule has 0 bridgehead atoms. The highest BCUT2D eigenvalue weighted by Crippen LogP contribution is 2.65. The van der Waals surface area contributed by atoms with Crippen LogP contribution in [-0.2, 0) is 4.79 Å². The number of allylic oxidation sites excluding steroid dienone is 1. The van der Waals surface area contributed by atoms with E-state index in [1.165, 1.54) is 6.08 Å². The van der Waals surface area contributed by atoms with Crippen molar-refractivity contribution < 1.29 is 15.0 Å². The van der Waals surface area contributed by atoms with Crippen molar-refractivity contribution >= 4 is 5.78 Å². The van der Waals surface area contributed by atoms with Crippen molar-refractivity contribution in [2.24, 2.45) is 5.41 Å². The van der Waals surface area contributed by atoms with Crippen LogP contribution in [0.1, 0.15) is 33.1 Å². The molecule has 16 heavy (non-hydrogen) atoms. The number of carbonyl (C=O) groups excluding carboxylic acids is 1. The molecule has 86 valence electrons. The fourth-order valence-corrected chi connectivity index (χ4v) is 3.42. The van der Waals surface area contributed by atoms with Crippen LogP contribution in [0.4, 0.5) is 0 Å². The molecule has 3 aliphatic carbocycles. The summed E-state index contributed by atoms with van der Waals surface area (Å²) in [6.07, 6.45) is 2.80. The molecule has 3 rings (SSSR count). The summed E-state index contributed by atoms with van der Waals surface area (Å²) in [5.74, 6) is 0.0388. The summed E-state index contributed by atoms with van der Waals surface area (Å²) >= 11 is 0. The summed E-state index contributed by atoms with van der Waals surface area (Å²) in [5.41, 5.74) is 1.33. The molecule has 1 spiro atoms. The first-order chi connectivity index (χ1) is 7.40. The lowest BCUT2D eigenvalue weighted by atomic mass is 9.67. The number of aliphatic hydroxyl groups is 2. The summed E-state index contributed by atoms with van der Waals surface area (Å²) in [6.45, 7) is 3.68. The van der Waals surface area contributed by atoms with E-state index < -0.39 is 11.7 Å². The van der Waals surface area contributed by atoms with Gasteiger partial charge in [-0.05, 0) is 43.9 Å². The highest BCUT2D eigenvalue weighted by Gasteiger charge is 2.64.